The largest absolute Gasteiger partial charge is 0.351 e. The van der Waals surface area contributed by atoms with E-state index in [2.05, 4.69) is 15.3 Å². The molecule has 0 aliphatic rings. The number of carbonyl (C=O) groups is 1. The van der Waals surface area contributed by atoms with Crippen LogP contribution in [0.1, 0.15) is 18.4 Å². The first-order chi connectivity index (χ1) is 5.68. The lowest BCUT2D eigenvalue weighted by Crippen LogP contribution is -2.19. The van der Waals surface area contributed by atoms with E-state index in [0.717, 1.165) is 11.5 Å². The van der Waals surface area contributed by atoms with E-state index in [1.165, 1.54) is 6.92 Å². The van der Waals surface area contributed by atoms with Gasteiger partial charge in [-0.1, -0.05) is 0 Å². The second kappa shape index (κ2) is 3.80. The Kier molecular flexibility index (Phi) is 2.74. The van der Waals surface area contributed by atoms with Crippen molar-refractivity contribution in [1.29, 1.82) is 0 Å². The lowest BCUT2D eigenvalue weighted by molar-refractivity contribution is -0.119. The molecule has 4 nitrogen and oxygen atoms in total. The Bertz CT molecular complexity index is 285. The Hall–Kier alpha value is -1.45. The van der Waals surface area contributed by atoms with Gasteiger partial charge in [0.15, 0.2) is 0 Å². The van der Waals surface area contributed by atoms with Gasteiger partial charge in [-0.3, -0.25) is 4.79 Å². The zero-order valence-electron chi connectivity index (χ0n) is 7.16. The molecule has 64 valence electrons. The van der Waals surface area contributed by atoms with Crippen LogP contribution < -0.4 is 5.32 Å². The molecule has 0 spiro atoms. The maximum absolute atomic E-state index is 10.5. The topological polar surface area (TPSA) is 54.9 Å². The Morgan fingerprint density at radius 2 is 2.42 bits per heavy atom. The van der Waals surface area contributed by atoms with Gasteiger partial charge in [0.2, 0.25) is 5.91 Å². The first kappa shape index (κ1) is 8.64. The predicted octanol–water partition coefficient (Wildman–Crippen LogP) is 0.421. The van der Waals surface area contributed by atoms with E-state index >= 15 is 0 Å². The highest BCUT2D eigenvalue weighted by molar-refractivity contribution is 5.72. The summed E-state index contributed by atoms with van der Waals surface area (Å²) in [6, 6.07) is 1.78. The summed E-state index contributed by atoms with van der Waals surface area (Å²) < 4.78 is 0. The van der Waals surface area contributed by atoms with Crippen molar-refractivity contribution in [2.24, 2.45) is 0 Å². The van der Waals surface area contributed by atoms with E-state index in [-0.39, 0.29) is 5.91 Å². The van der Waals surface area contributed by atoms with Crippen LogP contribution >= 0.6 is 0 Å². The van der Waals surface area contributed by atoms with E-state index < -0.39 is 0 Å². The standard InChI is InChI=1S/C8H11N3O/c1-6-9-4-3-8(11-6)5-10-7(2)12/h3-4H,5H2,1-2H3,(H,10,12). The van der Waals surface area contributed by atoms with Gasteiger partial charge < -0.3 is 5.32 Å². The Morgan fingerprint density at radius 3 is 3.00 bits per heavy atom. The van der Waals surface area contributed by atoms with Crippen LogP contribution in [-0.4, -0.2) is 15.9 Å². The number of aryl methyl sites for hydroxylation is 1. The molecule has 1 rings (SSSR count). The van der Waals surface area contributed by atoms with Crippen molar-refractivity contribution in [3.8, 4) is 0 Å². The van der Waals surface area contributed by atoms with Crippen LogP contribution in [0.25, 0.3) is 0 Å². The minimum Gasteiger partial charge on any atom is -0.351 e. The molecule has 0 aromatic carbocycles. The van der Waals surface area contributed by atoms with Gasteiger partial charge in [-0.05, 0) is 13.0 Å². The van der Waals surface area contributed by atoms with Gasteiger partial charge in [0.05, 0.1) is 12.2 Å². The summed E-state index contributed by atoms with van der Waals surface area (Å²) in [5.74, 6) is 0.670. The van der Waals surface area contributed by atoms with Crippen LogP contribution in [-0.2, 0) is 11.3 Å². The lowest BCUT2D eigenvalue weighted by Gasteiger charge is -2.00. The first-order valence-electron chi connectivity index (χ1n) is 3.71. The van der Waals surface area contributed by atoms with Crippen LogP contribution in [0.15, 0.2) is 12.3 Å². The highest BCUT2D eigenvalue weighted by Gasteiger charge is 1.95. The molecule has 0 aliphatic heterocycles. The molecule has 0 saturated heterocycles. The molecule has 0 aliphatic carbocycles. The van der Waals surface area contributed by atoms with Crippen molar-refractivity contribution < 1.29 is 4.79 Å². The molecule has 1 heterocycles. The van der Waals surface area contributed by atoms with Crippen molar-refractivity contribution in [1.82, 2.24) is 15.3 Å². The summed E-state index contributed by atoms with van der Waals surface area (Å²) in [5, 5.41) is 2.66. The highest BCUT2D eigenvalue weighted by atomic mass is 16.1. The Morgan fingerprint density at radius 1 is 1.67 bits per heavy atom. The molecule has 0 radical (unpaired) electrons. The molecule has 1 N–H and O–H groups in total. The van der Waals surface area contributed by atoms with E-state index in [0.29, 0.717) is 6.54 Å². The van der Waals surface area contributed by atoms with E-state index in [4.69, 9.17) is 0 Å². The summed E-state index contributed by atoms with van der Waals surface area (Å²) in [4.78, 5) is 18.6. The average molecular weight is 165 g/mol. The molecule has 0 fully saturated rings. The zero-order chi connectivity index (χ0) is 8.97. The summed E-state index contributed by atoms with van der Waals surface area (Å²) in [6.07, 6.45) is 1.68. The van der Waals surface area contributed by atoms with Crippen molar-refractivity contribution in [3.63, 3.8) is 0 Å². The average Bonchev–Trinajstić information content (AvgIpc) is 2.01. The number of hydrogen-bond acceptors (Lipinski definition) is 3. The maximum Gasteiger partial charge on any atom is 0.217 e. The highest BCUT2D eigenvalue weighted by Crippen LogP contribution is 1.93. The smallest absolute Gasteiger partial charge is 0.217 e. The summed E-state index contributed by atoms with van der Waals surface area (Å²) >= 11 is 0. The number of nitrogens with one attached hydrogen (secondary N) is 1. The fourth-order valence-corrected chi connectivity index (χ4v) is 0.819. The van der Waals surface area contributed by atoms with E-state index in [1.807, 2.05) is 6.92 Å². The molecule has 1 aromatic rings. The van der Waals surface area contributed by atoms with Gasteiger partial charge in [0.25, 0.3) is 0 Å². The van der Waals surface area contributed by atoms with Crippen molar-refractivity contribution >= 4 is 5.91 Å². The predicted molar refractivity (Wildman–Crippen MR) is 44.3 cm³/mol. The number of aromatic nitrogens is 2. The van der Waals surface area contributed by atoms with Crippen LogP contribution in [0.4, 0.5) is 0 Å². The first-order valence-corrected chi connectivity index (χ1v) is 3.71. The van der Waals surface area contributed by atoms with Crippen LogP contribution in [0.3, 0.4) is 0 Å². The summed E-state index contributed by atoms with van der Waals surface area (Å²) in [6.45, 7) is 3.77. The molecular weight excluding hydrogens is 154 g/mol. The number of carbonyl (C=O) groups excluding carboxylic acids is 1. The van der Waals surface area contributed by atoms with Gasteiger partial charge >= 0.3 is 0 Å². The fourth-order valence-electron chi connectivity index (χ4n) is 0.819. The van der Waals surface area contributed by atoms with Crippen LogP contribution in [0.2, 0.25) is 0 Å². The van der Waals surface area contributed by atoms with Crippen molar-refractivity contribution in [2.75, 3.05) is 0 Å². The second-order valence-electron chi connectivity index (χ2n) is 2.50. The third-order valence-electron chi connectivity index (χ3n) is 1.35. The van der Waals surface area contributed by atoms with Crippen LogP contribution in [0.5, 0.6) is 0 Å². The molecule has 1 amide bonds. The normalized spacial score (nSPS) is 9.50. The minimum absolute atomic E-state index is 0.0498. The lowest BCUT2D eigenvalue weighted by atomic mass is 10.4. The molecule has 4 heteroatoms. The summed E-state index contributed by atoms with van der Waals surface area (Å²) in [5.41, 5.74) is 0.831. The zero-order valence-corrected chi connectivity index (χ0v) is 7.16. The van der Waals surface area contributed by atoms with Crippen molar-refractivity contribution in [3.05, 3.63) is 23.8 Å². The van der Waals surface area contributed by atoms with E-state index in [1.54, 1.807) is 12.3 Å². The van der Waals surface area contributed by atoms with Gasteiger partial charge in [0.1, 0.15) is 5.82 Å². The monoisotopic (exact) mass is 165 g/mol. The Labute approximate surface area is 71.0 Å². The number of rotatable bonds is 2. The van der Waals surface area contributed by atoms with Crippen molar-refractivity contribution in [2.45, 2.75) is 20.4 Å². The third kappa shape index (κ3) is 2.65. The third-order valence-corrected chi connectivity index (χ3v) is 1.35. The number of amides is 1. The quantitative estimate of drug-likeness (QED) is 0.691. The molecular formula is C8H11N3O. The van der Waals surface area contributed by atoms with Gasteiger partial charge in [-0.2, -0.15) is 0 Å². The molecule has 0 saturated carbocycles. The van der Waals surface area contributed by atoms with Gasteiger partial charge in [-0.15, -0.1) is 0 Å². The molecule has 0 atom stereocenters. The molecule has 1 aromatic heterocycles. The maximum atomic E-state index is 10.5. The molecule has 0 bridgehead atoms. The number of nitrogens with zero attached hydrogens (tertiary/aromatic N) is 2. The molecule has 12 heavy (non-hydrogen) atoms. The van der Waals surface area contributed by atoms with E-state index in [9.17, 15) is 4.79 Å². The second-order valence-corrected chi connectivity index (χ2v) is 2.50. The fraction of sp³-hybridized carbons (Fsp3) is 0.375. The molecule has 0 unspecified atom stereocenters. The SMILES string of the molecule is CC(=O)NCc1ccnc(C)n1. The van der Waals surface area contributed by atoms with Gasteiger partial charge in [0, 0.05) is 13.1 Å². The number of hydrogen-bond donors (Lipinski definition) is 1. The Balaban J connectivity index is 2.57. The van der Waals surface area contributed by atoms with Crippen LogP contribution in [0, 0.1) is 6.92 Å². The minimum atomic E-state index is -0.0498. The van der Waals surface area contributed by atoms with Gasteiger partial charge in [-0.25, -0.2) is 9.97 Å². The summed E-state index contributed by atoms with van der Waals surface area (Å²) in [7, 11) is 0.